The third kappa shape index (κ3) is 4.20. The summed E-state index contributed by atoms with van der Waals surface area (Å²) in [4.78, 5) is 0.0199. The van der Waals surface area contributed by atoms with Gasteiger partial charge in [-0.15, -0.1) is 0 Å². The minimum atomic E-state index is -4.56. The van der Waals surface area contributed by atoms with Crippen molar-refractivity contribution >= 4 is 20.9 Å². The molecule has 1 heterocycles. The number of benzene rings is 2. The number of nitrogens with one attached hydrogen (secondary N) is 1. The number of fused-ring (bicyclic) bond motifs is 1. The Morgan fingerprint density at radius 3 is 2.54 bits per heavy atom. The van der Waals surface area contributed by atoms with Gasteiger partial charge >= 0.3 is 6.18 Å². The van der Waals surface area contributed by atoms with Crippen LogP contribution >= 0.6 is 0 Å². The second-order valence-electron chi connectivity index (χ2n) is 6.97. The Morgan fingerprint density at radius 1 is 1.14 bits per heavy atom. The fourth-order valence-corrected chi connectivity index (χ4v) is 4.63. The Hall–Kier alpha value is -2.39. The van der Waals surface area contributed by atoms with E-state index in [4.69, 9.17) is 0 Å². The quantitative estimate of drug-likeness (QED) is 0.653. The molecule has 0 unspecified atom stereocenters. The van der Waals surface area contributed by atoms with Crippen molar-refractivity contribution in [2.45, 2.75) is 31.5 Å². The van der Waals surface area contributed by atoms with Crippen LogP contribution in [0.25, 0.3) is 10.9 Å². The number of aromatic nitrogens is 2. The fourth-order valence-electron chi connectivity index (χ4n) is 3.01. The number of alkyl halides is 3. The predicted molar refractivity (Wildman–Crippen MR) is 100.0 cm³/mol. The number of hydrogen-bond acceptors (Lipinski definition) is 3. The molecule has 1 N–H and O–H groups in total. The number of nitrogens with zero attached hydrogens (tertiary/aromatic N) is 2. The molecule has 0 aliphatic rings. The van der Waals surface area contributed by atoms with Crippen LogP contribution in [0.4, 0.5) is 13.2 Å². The van der Waals surface area contributed by atoms with Crippen LogP contribution in [0.3, 0.4) is 0 Å². The third-order valence-corrected chi connectivity index (χ3v) is 6.10. The van der Waals surface area contributed by atoms with Gasteiger partial charge in [0.05, 0.1) is 22.2 Å². The van der Waals surface area contributed by atoms with Crippen LogP contribution in [0, 0.1) is 5.92 Å². The second-order valence-corrected chi connectivity index (χ2v) is 8.90. The smallest absolute Gasteiger partial charge is 0.278 e. The molecule has 5 nitrogen and oxygen atoms in total. The lowest BCUT2D eigenvalue weighted by Crippen LogP contribution is -2.34. The minimum absolute atomic E-state index is 0.0199. The first-order valence-electron chi connectivity index (χ1n) is 8.67. The van der Waals surface area contributed by atoms with E-state index < -0.39 is 21.8 Å². The highest BCUT2D eigenvalue weighted by Crippen LogP contribution is 2.33. The highest BCUT2D eigenvalue weighted by molar-refractivity contribution is 7.89. The molecule has 0 aliphatic carbocycles. The number of hydrogen-bond donors (Lipinski definition) is 1. The Morgan fingerprint density at radius 2 is 1.86 bits per heavy atom. The van der Waals surface area contributed by atoms with E-state index in [2.05, 4.69) is 10.2 Å². The summed E-state index contributed by atoms with van der Waals surface area (Å²) in [7, 11) is -4.00. The van der Waals surface area contributed by atoms with Gasteiger partial charge in [0.15, 0.2) is 0 Å². The summed E-state index contributed by atoms with van der Waals surface area (Å²) >= 11 is 0. The molecular weight excluding hydrogens is 391 g/mol. The van der Waals surface area contributed by atoms with E-state index in [1.54, 1.807) is 6.07 Å². The Balaban J connectivity index is 2.03. The van der Waals surface area contributed by atoms with Crippen molar-refractivity contribution in [2.24, 2.45) is 5.92 Å². The van der Waals surface area contributed by atoms with Gasteiger partial charge in [-0.3, -0.25) is 5.10 Å². The molecule has 0 spiro atoms. The predicted octanol–water partition coefficient (Wildman–Crippen LogP) is 4.43. The van der Waals surface area contributed by atoms with Crippen LogP contribution in [0.1, 0.15) is 25.0 Å². The lowest BCUT2D eigenvalue weighted by molar-refractivity contribution is -0.138. The van der Waals surface area contributed by atoms with Crippen molar-refractivity contribution in [2.75, 3.05) is 6.54 Å². The van der Waals surface area contributed by atoms with E-state index in [1.165, 1.54) is 36.5 Å². The van der Waals surface area contributed by atoms with E-state index in [0.29, 0.717) is 10.9 Å². The van der Waals surface area contributed by atoms with Gasteiger partial charge in [0.2, 0.25) is 10.0 Å². The maximum atomic E-state index is 13.3. The molecule has 150 valence electrons. The van der Waals surface area contributed by atoms with Crippen molar-refractivity contribution < 1.29 is 21.6 Å². The molecule has 3 aromatic rings. The maximum absolute atomic E-state index is 13.3. The first kappa shape index (κ1) is 20.3. The first-order valence-corrected chi connectivity index (χ1v) is 10.1. The average Bonchev–Trinajstić information content (AvgIpc) is 3.08. The van der Waals surface area contributed by atoms with Crippen molar-refractivity contribution in [1.29, 1.82) is 0 Å². The SMILES string of the molecule is CC(C)CN(Cc1ccccc1C(F)(F)F)S(=O)(=O)c1ccc2[nH]ncc2c1. The molecule has 0 amide bonds. The Kier molecular flexibility index (Phi) is 5.49. The lowest BCUT2D eigenvalue weighted by Gasteiger charge is -2.25. The molecule has 2 aromatic carbocycles. The molecule has 0 saturated heterocycles. The van der Waals surface area contributed by atoms with Crippen LogP contribution < -0.4 is 0 Å². The van der Waals surface area contributed by atoms with E-state index in [9.17, 15) is 21.6 Å². The topological polar surface area (TPSA) is 66.1 Å². The zero-order valence-corrected chi connectivity index (χ0v) is 16.2. The van der Waals surface area contributed by atoms with Gasteiger partial charge in [-0.25, -0.2) is 8.42 Å². The van der Waals surface area contributed by atoms with Crippen LogP contribution in [0.15, 0.2) is 53.6 Å². The van der Waals surface area contributed by atoms with Gasteiger partial charge in [-0.1, -0.05) is 32.0 Å². The van der Waals surface area contributed by atoms with E-state index in [1.807, 2.05) is 13.8 Å². The summed E-state index contributed by atoms with van der Waals surface area (Å²) in [5, 5.41) is 7.22. The average molecular weight is 411 g/mol. The number of aromatic amines is 1. The summed E-state index contributed by atoms with van der Waals surface area (Å²) < 4.78 is 67.6. The molecule has 0 aliphatic heterocycles. The van der Waals surface area contributed by atoms with Gasteiger partial charge in [-0.05, 0) is 35.7 Å². The van der Waals surface area contributed by atoms with Gasteiger partial charge in [0, 0.05) is 18.5 Å². The number of H-pyrrole nitrogens is 1. The van der Waals surface area contributed by atoms with Gasteiger partial charge in [0.1, 0.15) is 0 Å². The fraction of sp³-hybridized carbons (Fsp3) is 0.316. The molecular formula is C19H20F3N3O2S. The monoisotopic (exact) mass is 411 g/mol. The maximum Gasteiger partial charge on any atom is 0.416 e. The van der Waals surface area contributed by atoms with Gasteiger partial charge in [0.25, 0.3) is 0 Å². The molecule has 0 saturated carbocycles. The zero-order valence-electron chi connectivity index (χ0n) is 15.4. The van der Waals surface area contributed by atoms with Crippen LogP contribution in [-0.4, -0.2) is 29.5 Å². The van der Waals surface area contributed by atoms with Crippen molar-refractivity contribution in [3.63, 3.8) is 0 Å². The van der Waals surface area contributed by atoms with Crippen LogP contribution in [-0.2, 0) is 22.7 Å². The molecule has 28 heavy (non-hydrogen) atoms. The zero-order chi connectivity index (χ0) is 20.5. The first-order chi connectivity index (χ1) is 13.1. The summed E-state index contributed by atoms with van der Waals surface area (Å²) in [5.41, 5.74) is -0.232. The van der Waals surface area contributed by atoms with Gasteiger partial charge < -0.3 is 0 Å². The van der Waals surface area contributed by atoms with Gasteiger partial charge in [-0.2, -0.15) is 22.6 Å². The summed E-state index contributed by atoms with van der Waals surface area (Å²) in [5.74, 6) is -0.0644. The molecule has 0 fully saturated rings. The summed E-state index contributed by atoms with van der Waals surface area (Å²) in [6.45, 7) is 3.37. The van der Waals surface area contributed by atoms with Crippen molar-refractivity contribution in [3.8, 4) is 0 Å². The van der Waals surface area contributed by atoms with E-state index in [-0.39, 0.29) is 29.5 Å². The van der Waals surface area contributed by atoms with E-state index in [0.717, 1.165) is 10.4 Å². The molecule has 1 aromatic heterocycles. The highest BCUT2D eigenvalue weighted by atomic mass is 32.2. The van der Waals surface area contributed by atoms with Crippen LogP contribution in [0.2, 0.25) is 0 Å². The molecule has 0 radical (unpaired) electrons. The van der Waals surface area contributed by atoms with Crippen LogP contribution in [0.5, 0.6) is 0 Å². The molecule has 9 heteroatoms. The summed E-state index contributed by atoms with van der Waals surface area (Å²) in [6, 6.07) is 9.53. The lowest BCUT2D eigenvalue weighted by atomic mass is 10.1. The Bertz CT molecular complexity index is 1080. The van der Waals surface area contributed by atoms with E-state index >= 15 is 0 Å². The largest absolute Gasteiger partial charge is 0.416 e. The minimum Gasteiger partial charge on any atom is -0.278 e. The number of sulfonamides is 1. The standard InChI is InChI=1S/C19H20F3N3O2S/c1-13(2)11-25(12-14-5-3-4-6-17(14)19(20,21)22)28(26,27)16-7-8-18-15(9-16)10-23-24-18/h3-10,13H,11-12H2,1-2H3,(H,23,24). The Labute approximate surface area is 161 Å². The molecule has 0 bridgehead atoms. The summed E-state index contributed by atoms with van der Waals surface area (Å²) in [6.07, 6.45) is -3.06. The highest BCUT2D eigenvalue weighted by Gasteiger charge is 2.35. The second kappa shape index (κ2) is 7.56. The number of rotatable bonds is 6. The van der Waals surface area contributed by atoms with Crippen molar-refractivity contribution in [3.05, 3.63) is 59.8 Å². The number of halogens is 3. The normalized spacial score (nSPS) is 13.0. The molecule has 0 atom stereocenters. The van der Waals surface area contributed by atoms with Crippen molar-refractivity contribution in [1.82, 2.24) is 14.5 Å². The molecule has 3 rings (SSSR count). The third-order valence-electron chi connectivity index (χ3n) is 4.29.